The van der Waals surface area contributed by atoms with E-state index in [0.29, 0.717) is 41.8 Å². The first-order valence-electron chi connectivity index (χ1n) is 10.9. The van der Waals surface area contributed by atoms with Gasteiger partial charge in [-0.15, -0.1) is 5.10 Å². The molecule has 11 heteroatoms. The molecule has 0 radical (unpaired) electrons. The molecular weight excluding hydrogens is 461 g/mol. The van der Waals surface area contributed by atoms with Gasteiger partial charge in [-0.3, -0.25) is 4.79 Å². The minimum absolute atomic E-state index is 0.150. The van der Waals surface area contributed by atoms with Crippen molar-refractivity contribution in [3.05, 3.63) is 81.1 Å². The lowest BCUT2D eigenvalue weighted by atomic mass is 9.97. The number of fused-ring (bicyclic) bond motifs is 1. The third-order valence-corrected chi connectivity index (χ3v) is 6.23. The summed E-state index contributed by atoms with van der Waals surface area (Å²) in [5.41, 5.74) is 1.49. The van der Waals surface area contributed by atoms with Crippen LogP contribution >= 0.6 is 11.6 Å². The summed E-state index contributed by atoms with van der Waals surface area (Å²) < 4.78 is 14.7. The molecule has 0 saturated carbocycles. The van der Waals surface area contributed by atoms with Crippen molar-refractivity contribution >= 4 is 34.5 Å². The van der Waals surface area contributed by atoms with Crippen molar-refractivity contribution in [2.75, 3.05) is 18.4 Å². The number of nitrogens with one attached hydrogen (secondary N) is 2. The third kappa shape index (κ3) is 4.49. The second kappa shape index (κ2) is 9.22. The molecule has 5 rings (SSSR count). The first-order valence-corrected chi connectivity index (χ1v) is 11.2. The molecule has 0 unspecified atom stereocenters. The summed E-state index contributed by atoms with van der Waals surface area (Å²) in [6.45, 7) is 1.28. The molecule has 174 valence electrons. The van der Waals surface area contributed by atoms with Gasteiger partial charge in [0.05, 0.1) is 6.54 Å². The SMILES string of the molecule is O=C(Nc1ccc(F)cc1)N1CCC[C@@H](c2nc3c(nnn3Cc3ccccc3Cl)c(=O)[nH]2)C1. The smallest absolute Gasteiger partial charge is 0.321 e. The molecule has 1 atom stereocenters. The van der Waals surface area contributed by atoms with Crippen LogP contribution in [0.4, 0.5) is 14.9 Å². The van der Waals surface area contributed by atoms with Crippen LogP contribution in [0, 0.1) is 5.82 Å². The summed E-state index contributed by atoms with van der Waals surface area (Å²) >= 11 is 6.28. The van der Waals surface area contributed by atoms with Gasteiger partial charge in [0.25, 0.3) is 5.56 Å². The fraction of sp³-hybridized carbons (Fsp3) is 0.261. The van der Waals surface area contributed by atoms with Crippen molar-refractivity contribution in [2.24, 2.45) is 0 Å². The van der Waals surface area contributed by atoms with E-state index in [4.69, 9.17) is 11.6 Å². The Labute approximate surface area is 198 Å². The van der Waals surface area contributed by atoms with Crippen molar-refractivity contribution in [2.45, 2.75) is 25.3 Å². The first-order chi connectivity index (χ1) is 16.5. The first kappa shape index (κ1) is 22.0. The van der Waals surface area contributed by atoms with E-state index < -0.39 is 0 Å². The molecule has 1 saturated heterocycles. The van der Waals surface area contributed by atoms with Crippen LogP contribution in [0.1, 0.15) is 30.1 Å². The van der Waals surface area contributed by atoms with Crippen molar-refractivity contribution in [3.8, 4) is 0 Å². The van der Waals surface area contributed by atoms with Crippen LogP contribution in [0.3, 0.4) is 0 Å². The highest BCUT2D eigenvalue weighted by atomic mass is 35.5. The van der Waals surface area contributed by atoms with E-state index >= 15 is 0 Å². The molecule has 3 heterocycles. The van der Waals surface area contributed by atoms with E-state index in [1.807, 2.05) is 18.2 Å². The Morgan fingerprint density at radius 1 is 1.21 bits per heavy atom. The van der Waals surface area contributed by atoms with E-state index in [2.05, 4.69) is 25.6 Å². The van der Waals surface area contributed by atoms with Gasteiger partial charge < -0.3 is 15.2 Å². The lowest BCUT2D eigenvalue weighted by molar-refractivity contribution is 0.191. The number of likely N-dealkylation sites (tertiary alicyclic amines) is 1. The summed E-state index contributed by atoms with van der Waals surface area (Å²) in [6, 6.07) is 12.7. The average Bonchev–Trinajstić information content (AvgIpc) is 3.25. The molecule has 2 amide bonds. The Kier molecular flexibility index (Phi) is 5.97. The highest BCUT2D eigenvalue weighted by Gasteiger charge is 2.27. The molecule has 0 spiro atoms. The van der Waals surface area contributed by atoms with Crippen molar-refractivity contribution in [3.63, 3.8) is 0 Å². The Morgan fingerprint density at radius 2 is 2.00 bits per heavy atom. The Balaban J connectivity index is 1.37. The zero-order valence-electron chi connectivity index (χ0n) is 18.0. The number of piperidine rings is 1. The monoisotopic (exact) mass is 481 g/mol. The molecule has 0 aliphatic carbocycles. The van der Waals surface area contributed by atoms with Crippen LogP contribution < -0.4 is 10.9 Å². The van der Waals surface area contributed by atoms with Crippen LogP contribution in [0.5, 0.6) is 0 Å². The number of H-pyrrole nitrogens is 1. The number of benzene rings is 2. The minimum Gasteiger partial charge on any atom is -0.324 e. The predicted octanol–water partition coefficient (Wildman–Crippen LogP) is 3.77. The topological polar surface area (TPSA) is 109 Å². The number of anilines is 1. The van der Waals surface area contributed by atoms with Gasteiger partial charge in [-0.1, -0.05) is 35.0 Å². The minimum atomic E-state index is -0.377. The van der Waals surface area contributed by atoms with Crippen LogP contribution in [-0.2, 0) is 6.54 Å². The van der Waals surface area contributed by atoms with Crippen molar-refractivity contribution in [1.82, 2.24) is 29.9 Å². The van der Waals surface area contributed by atoms with Gasteiger partial charge in [0.2, 0.25) is 0 Å². The van der Waals surface area contributed by atoms with Gasteiger partial charge >= 0.3 is 6.03 Å². The maximum atomic E-state index is 13.1. The molecular formula is C23H21ClFN7O2. The highest BCUT2D eigenvalue weighted by molar-refractivity contribution is 6.31. The molecule has 0 bridgehead atoms. The van der Waals surface area contributed by atoms with Crippen LogP contribution in [-0.4, -0.2) is 49.0 Å². The second-order valence-electron chi connectivity index (χ2n) is 8.18. The van der Waals surface area contributed by atoms with Gasteiger partial charge in [0, 0.05) is 29.7 Å². The molecule has 1 aliphatic heterocycles. The standard InChI is InChI=1S/C23H21ClFN7O2/c24-18-6-2-1-4-14(18)13-32-21-19(29-30-32)22(33)28-20(27-21)15-5-3-11-31(12-15)23(34)26-17-9-7-16(25)8-10-17/h1-2,4,6-10,15H,3,5,11-13H2,(H,26,34)(H,27,28,33)/t15-/m1/s1. The number of nitrogens with zero attached hydrogens (tertiary/aromatic N) is 5. The fourth-order valence-corrected chi connectivity index (χ4v) is 4.29. The average molecular weight is 482 g/mol. The number of hydrogen-bond donors (Lipinski definition) is 2. The van der Waals surface area contributed by atoms with E-state index in [1.165, 1.54) is 24.3 Å². The van der Waals surface area contributed by atoms with E-state index in [9.17, 15) is 14.0 Å². The number of aromatic nitrogens is 5. The number of carbonyl (C=O) groups is 1. The third-order valence-electron chi connectivity index (χ3n) is 5.86. The number of aromatic amines is 1. The van der Waals surface area contributed by atoms with Crippen LogP contribution in [0.15, 0.2) is 53.3 Å². The molecule has 2 N–H and O–H groups in total. The zero-order chi connectivity index (χ0) is 23.7. The lowest BCUT2D eigenvalue weighted by Gasteiger charge is -2.32. The molecule has 2 aromatic carbocycles. The van der Waals surface area contributed by atoms with Crippen LogP contribution in [0.2, 0.25) is 5.02 Å². The zero-order valence-corrected chi connectivity index (χ0v) is 18.8. The normalized spacial score (nSPS) is 16.1. The van der Waals surface area contributed by atoms with Gasteiger partial charge in [0.1, 0.15) is 11.6 Å². The van der Waals surface area contributed by atoms with Crippen molar-refractivity contribution in [1.29, 1.82) is 0 Å². The summed E-state index contributed by atoms with van der Waals surface area (Å²) in [5, 5.41) is 11.5. The van der Waals surface area contributed by atoms with E-state index in [1.54, 1.807) is 15.6 Å². The molecule has 34 heavy (non-hydrogen) atoms. The van der Waals surface area contributed by atoms with Gasteiger partial charge in [-0.05, 0) is 48.7 Å². The summed E-state index contributed by atoms with van der Waals surface area (Å²) in [4.78, 5) is 34.6. The van der Waals surface area contributed by atoms with Gasteiger partial charge in [0.15, 0.2) is 11.2 Å². The van der Waals surface area contributed by atoms with Gasteiger partial charge in [-0.25, -0.2) is 18.9 Å². The lowest BCUT2D eigenvalue weighted by Crippen LogP contribution is -2.42. The molecule has 2 aromatic heterocycles. The van der Waals surface area contributed by atoms with E-state index in [0.717, 1.165) is 18.4 Å². The number of rotatable bonds is 4. The van der Waals surface area contributed by atoms with Crippen molar-refractivity contribution < 1.29 is 9.18 Å². The van der Waals surface area contributed by atoms with E-state index in [-0.39, 0.29) is 28.8 Å². The Morgan fingerprint density at radius 3 is 2.79 bits per heavy atom. The molecule has 1 fully saturated rings. The maximum absolute atomic E-state index is 13.1. The summed E-state index contributed by atoms with van der Waals surface area (Å²) in [7, 11) is 0. The summed E-state index contributed by atoms with van der Waals surface area (Å²) in [5.74, 6) is -0.0438. The number of halogens is 2. The number of urea groups is 1. The molecule has 1 aliphatic rings. The molecule has 9 nitrogen and oxygen atoms in total. The Bertz CT molecular complexity index is 1400. The summed E-state index contributed by atoms with van der Waals surface area (Å²) in [6.07, 6.45) is 1.52. The highest BCUT2D eigenvalue weighted by Crippen LogP contribution is 2.25. The number of hydrogen-bond acceptors (Lipinski definition) is 5. The predicted molar refractivity (Wildman–Crippen MR) is 125 cm³/mol. The number of carbonyl (C=O) groups excluding carboxylic acids is 1. The fourth-order valence-electron chi connectivity index (χ4n) is 4.09. The number of amides is 2. The largest absolute Gasteiger partial charge is 0.324 e. The maximum Gasteiger partial charge on any atom is 0.321 e. The quantitative estimate of drug-likeness (QED) is 0.461. The molecule has 4 aromatic rings. The van der Waals surface area contributed by atoms with Crippen LogP contribution in [0.25, 0.3) is 11.2 Å². The second-order valence-corrected chi connectivity index (χ2v) is 8.59. The Hall–Kier alpha value is -3.79. The van der Waals surface area contributed by atoms with Gasteiger partial charge in [-0.2, -0.15) is 0 Å².